The van der Waals surface area contributed by atoms with Crippen LogP contribution < -0.4 is 0 Å². The molecule has 1 aliphatic rings. The third-order valence-corrected chi connectivity index (χ3v) is 5.39. The number of likely N-dealkylation sites (N-methyl/N-ethyl adjacent to an activating group) is 1. The highest BCUT2D eigenvalue weighted by Crippen LogP contribution is 2.12. The van der Waals surface area contributed by atoms with E-state index in [4.69, 9.17) is 0 Å². The van der Waals surface area contributed by atoms with Crippen molar-refractivity contribution in [3.63, 3.8) is 0 Å². The molecule has 0 saturated carbocycles. The first-order valence-corrected chi connectivity index (χ1v) is 8.50. The number of hydrogen-bond donors (Lipinski definition) is 0. The SMILES string of the molecule is CN(CCN1CCCS1(=O)=O)Cc1ncc(Br)cn1. The zero-order valence-corrected chi connectivity index (χ0v) is 13.2. The van der Waals surface area contributed by atoms with Gasteiger partial charge in [-0.1, -0.05) is 0 Å². The van der Waals surface area contributed by atoms with Crippen LogP contribution in [0.2, 0.25) is 0 Å². The molecule has 0 N–H and O–H groups in total. The van der Waals surface area contributed by atoms with E-state index in [1.165, 1.54) is 0 Å². The van der Waals surface area contributed by atoms with Gasteiger partial charge in [0.15, 0.2) is 0 Å². The maximum Gasteiger partial charge on any atom is 0.214 e. The summed E-state index contributed by atoms with van der Waals surface area (Å²) in [5, 5.41) is 0. The van der Waals surface area contributed by atoms with Crippen LogP contribution in [0.5, 0.6) is 0 Å². The van der Waals surface area contributed by atoms with Crippen molar-refractivity contribution in [3.05, 3.63) is 22.7 Å². The highest BCUT2D eigenvalue weighted by atomic mass is 79.9. The highest BCUT2D eigenvalue weighted by molar-refractivity contribution is 9.10. The standard InChI is InChI=1S/C11H17BrN4O2S/c1-15(9-11-13-7-10(12)8-14-11)4-5-16-3-2-6-19(16,17)18/h7-8H,2-6,9H2,1H3. The lowest BCUT2D eigenvalue weighted by Crippen LogP contribution is -2.34. The molecule has 0 unspecified atom stereocenters. The molecule has 1 aromatic rings. The smallest absolute Gasteiger partial charge is 0.214 e. The van der Waals surface area contributed by atoms with Crippen LogP contribution in [-0.4, -0.2) is 60.0 Å². The molecule has 0 atom stereocenters. The first-order valence-electron chi connectivity index (χ1n) is 6.10. The molecular formula is C11H17BrN4O2S. The maximum atomic E-state index is 11.6. The first kappa shape index (κ1) is 14.8. The number of hydrogen-bond acceptors (Lipinski definition) is 5. The molecule has 19 heavy (non-hydrogen) atoms. The molecule has 0 aromatic carbocycles. The Bertz CT molecular complexity index is 520. The van der Waals surface area contributed by atoms with Crippen molar-refractivity contribution < 1.29 is 8.42 Å². The average molecular weight is 349 g/mol. The van der Waals surface area contributed by atoms with E-state index in [1.807, 2.05) is 11.9 Å². The van der Waals surface area contributed by atoms with Crippen molar-refractivity contribution >= 4 is 26.0 Å². The normalized spacial score (nSPS) is 19.1. The number of aromatic nitrogens is 2. The zero-order valence-electron chi connectivity index (χ0n) is 10.8. The molecule has 0 radical (unpaired) electrons. The van der Waals surface area contributed by atoms with Gasteiger partial charge >= 0.3 is 0 Å². The molecule has 106 valence electrons. The molecule has 2 heterocycles. The molecule has 1 fully saturated rings. The minimum Gasteiger partial charge on any atom is -0.298 e. The predicted octanol–water partition coefficient (Wildman–Crippen LogP) is 0.706. The Morgan fingerprint density at radius 3 is 2.68 bits per heavy atom. The molecule has 0 amide bonds. The number of sulfonamides is 1. The zero-order chi connectivity index (χ0) is 13.9. The van der Waals surface area contributed by atoms with Gasteiger partial charge in [-0.25, -0.2) is 22.7 Å². The summed E-state index contributed by atoms with van der Waals surface area (Å²) in [6.45, 7) is 2.47. The third kappa shape index (κ3) is 4.20. The Labute approximate surface area is 122 Å². The summed E-state index contributed by atoms with van der Waals surface area (Å²) in [4.78, 5) is 10.4. The van der Waals surface area contributed by atoms with Crippen LogP contribution in [0.25, 0.3) is 0 Å². The lowest BCUT2D eigenvalue weighted by atomic mass is 10.4. The lowest BCUT2D eigenvalue weighted by Gasteiger charge is -2.20. The predicted molar refractivity (Wildman–Crippen MR) is 76.0 cm³/mol. The van der Waals surface area contributed by atoms with Crippen LogP contribution in [0, 0.1) is 0 Å². The van der Waals surface area contributed by atoms with Crippen LogP contribution in [0.1, 0.15) is 12.2 Å². The molecule has 1 aliphatic heterocycles. The van der Waals surface area contributed by atoms with E-state index in [1.54, 1.807) is 16.7 Å². The van der Waals surface area contributed by atoms with Gasteiger partial charge in [-0.05, 0) is 29.4 Å². The molecule has 2 rings (SSSR count). The molecule has 0 bridgehead atoms. The van der Waals surface area contributed by atoms with Gasteiger partial charge in [0.05, 0.1) is 16.8 Å². The summed E-state index contributed by atoms with van der Waals surface area (Å²) in [6.07, 6.45) is 4.16. The molecule has 0 spiro atoms. The maximum absolute atomic E-state index is 11.6. The van der Waals surface area contributed by atoms with Crippen molar-refractivity contribution in [1.29, 1.82) is 0 Å². The fraction of sp³-hybridized carbons (Fsp3) is 0.636. The van der Waals surface area contributed by atoms with Crippen molar-refractivity contribution in [3.8, 4) is 0 Å². The highest BCUT2D eigenvalue weighted by Gasteiger charge is 2.27. The van der Waals surface area contributed by atoms with E-state index in [0.717, 1.165) is 16.7 Å². The summed E-state index contributed by atoms with van der Waals surface area (Å²) in [5.41, 5.74) is 0. The number of nitrogens with zero attached hydrogens (tertiary/aromatic N) is 4. The van der Waals surface area contributed by atoms with Gasteiger partial charge in [0, 0.05) is 32.0 Å². The van der Waals surface area contributed by atoms with Crippen LogP contribution in [0.3, 0.4) is 0 Å². The Hall–Kier alpha value is -0.570. The van der Waals surface area contributed by atoms with Crippen molar-refractivity contribution in [2.45, 2.75) is 13.0 Å². The van der Waals surface area contributed by atoms with Gasteiger partial charge in [-0.2, -0.15) is 0 Å². The largest absolute Gasteiger partial charge is 0.298 e. The molecule has 0 aliphatic carbocycles. The van der Waals surface area contributed by atoms with Crippen LogP contribution in [0.4, 0.5) is 0 Å². The van der Waals surface area contributed by atoms with E-state index in [2.05, 4.69) is 25.9 Å². The van der Waals surface area contributed by atoms with E-state index in [-0.39, 0.29) is 5.75 Å². The quantitative estimate of drug-likeness (QED) is 0.783. The molecule has 8 heteroatoms. The monoisotopic (exact) mass is 348 g/mol. The summed E-state index contributed by atoms with van der Waals surface area (Å²) in [5.74, 6) is 1.02. The average Bonchev–Trinajstić information content (AvgIpc) is 2.69. The molecular weight excluding hydrogens is 332 g/mol. The van der Waals surface area contributed by atoms with Gasteiger partial charge in [0.2, 0.25) is 10.0 Å². The molecule has 1 saturated heterocycles. The van der Waals surface area contributed by atoms with Gasteiger partial charge in [-0.15, -0.1) is 0 Å². The molecule has 1 aromatic heterocycles. The van der Waals surface area contributed by atoms with Gasteiger partial charge in [0.1, 0.15) is 5.82 Å². The van der Waals surface area contributed by atoms with Gasteiger partial charge in [-0.3, -0.25) is 4.90 Å². The van der Waals surface area contributed by atoms with Gasteiger partial charge in [0.25, 0.3) is 0 Å². The van der Waals surface area contributed by atoms with Crippen LogP contribution in [-0.2, 0) is 16.6 Å². The van der Waals surface area contributed by atoms with Crippen molar-refractivity contribution in [2.75, 3.05) is 32.4 Å². The third-order valence-electron chi connectivity index (χ3n) is 3.02. The Morgan fingerprint density at radius 1 is 1.42 bits per heavy atom. The summed E-state index contributed by atoms with van der Waals surface area (Å²) in [6, 6.07) is 0. The number of halogens is 1. The Balaban J connectivity index is 1.82. The van der Waals surface area contributed by atoms with E-state index < -0.39 is 10.0 Å². The topological polar surface area (TPSA) is 66.4 Å². The number of rotatable bonds is 5. The van der Waals surface area contributed by atoms with Crippen molar-refractivity contribution in [1.82, 2.24) is 19.2 Å². The molecule has 6 nitrogen and oxygen atoms in total. The second-order valence-corrected chi connectivity index (χ2v) is 7.63. The second-order valence-electron chi connectivity index (χ2n) is 4.62. The Morgan fingerprint density at radius 2 is 2.11 bits per heavy atom. The van der Waals surface area contributed by atoms with E-state index in [9.17, 15) is 8.42 Å². The van der Waals surface area contributed by atoms with Gasteiger partial charge < -0.3 is 0 Å². The Kier molecular flexibility index (Phi) is 4.88. The van der Waals surface area contributed by atoms with Crippen LogP contribution >= 0.6 is 15.9 Å². The summed E-state index contributed by atoms with van der Waals surface area (Å²) in [7, 11) is -1.05. The summed E-state index contributed by atoms with van der Waals surface area (Å²) < 4.78 is 25.7. The van der Waals surface area contributed by atoms with Crippen LogP contribution in [0.15, 0.2) is 16.9 Å². The van der Waals surface area contributed by atoms with E-state index in [0.29, 0.717) is 26.2 Å². The fourth-order valence-corrected chi connectivity index (χ4v) is 3.69. The van der Waals surface area contributed by atoms with Crippen molar-refractivity contribution in [2.24, 2.45) is 0 Å². The minimum absolute atomic E-state index is 0.284. The first-order chi connectivity index (χ1) is 8.97. The lowest BCUT2D eigenvalue weighted by molar-refractivity contribution is 0.287. The fourth-order valence-electron chi connectivity index (χ4n) is 1.97. The van der Waals surface area contributed by atoms with E-state index >= 15 is 0 Å². The minimum atomic E-state index is -2.99. The second kappa shape index (κ2) is 6.25. The summed E-state index contributed by atoms with van der Waals surface area (Å²) >= 11 is 3.29.